The summed E-state index contributed by atoms with van der Waals surface area (Å²) in [4.78, 5) is 22.6. The molecule has 0 saturated carbocycles. The fourth-order valence-corrected chi connectivity index (χ4v) is 5.04. The zero-order chi connectivity index (χ0) is 21.8. The van der Waals surface area contributed by atoms with Gasteiger partial charge < -0.3 is 5.11 Å². The smallest absolute Gasteiger partial charge is 0.214 e. The summed E-state index contributed by atoms with van der Waals surface area (Å²) < 4.78 is 2.99. The van der Waals surface area contributed by atoms with Gasteiger partial charge in [-0.3, -0.25) is 9.89 Å². The fraction of sp³-hybridized carbons (Fsp3) is 0. The molecule has 0 aliphatic rings. The van der Waals surface area contributed by atoms with E-state index in [0.29, 0.717) is 26.9 Å². The van der Waals surface area contributed by atoms with E-state index in [-0.39, 0.29) is 17.1 Å². The highest BCUT2D eigenvalue weighted by Gasteiger charge is 2.20. The zero-order valence-electron chi connectivity index (χ0n) is 16.4. The quantitative estimate of drug-likeness (QED) is 0.262. The molecule has 0 aliphatic heterocycles. The molecule has 2 N–H and O–H groups in total. The van der Waals surface area contributed by atoms with Gasteiger partial charge in [0.05, 0.1) is 21.3 Å². The molecule has 8 heteroatoms. The van der Waals surface area contributed by atoms with Gasteiger partial charge in [-0.2, -0.15) is 4.98 Å². The number of H-pyrrole nitrogens is 1. The van der Waals surface area contributed by atoms with Crippen molar-refractivity contribution in [3.8, 4) is 16.3 Å². The molecular formula is C24H14N4O2S2. The number of aromatic nitrogens is 4. The van der Waals surface area contributed by atoms with Crippen molar-refractivity contribution in [3.05, 3.63) is 88.8 Å². The maximum absolute atomic E-state index is 13.5. The number of ketones is 1. The minimum Gasteiger partial charge on any atom is -0.507 e. The number of phenolic OH excluding ortho intramolecular Hbond substituents is 1. The first-order valence-electron chi connectivity index (χ1n) is 9.82. The molecule has 6 nitrogen and oxygen atoms in total. The van der Waals surface area contributed by atoms with Crippen molar-refractivity contribution < 1.29 is 9.90 Å². The molecule has 3 aromatic carbocycles. The Morgan fingerprint density at radius 1 is 1.03 bits per heavy atom. The van der Waals surface area contributed by atoms with Crippen LogP contribution in [0.5, 0.6) is 5.75 Å². The van der Waals surface area contributed by atoms with Crippen molar-refractivity contribution >= 4 is 56.0 Å². The van der Waals surface area contributed by atoms with Crippen molar-refractivity contribution in [1.82, 2.24) is 19.6 Å². The lowest BCUT2D eigenvalue weighted by Crippen LogP contribution is -2.05. The maximum atomic E-state index is 13.5. The second-order valence-corrected chi connectivity index (χ2v) is 8.78. The number of rotatable bonds is 3. The number of benzene rings is 3. The average Bonchev–Trinajstić information content (AvgIpc) is 3.41. The Labute approximate surface area is 190 Å². The Balaban J connectivity index is 1.57. The van der Waals surface area contributed by atoms with Gasteiger partial charge in [-0.25, -0.2) is 9.50 Å². The van der Waals surface area contributed by atoms with Crippen molar-refractivity contribution in [1.29, 1.82) is 0 Å². The number of nitrogens with zero attached hydrogens (tertiary/aromatic N) is 3. The van der Waals surface area contributed by atoms with Crippen LogP contribution >= 0.6 is 23.6 Å². The molecule has 0 aliphatic carbocycles. The van der Waals surface area contributed by atoms with Crippen LogP contribution in [0.25, 0.3) is 37.2 Å². The predicted molar refractivity (Wildman–Crippen MR) is 128 cm³/mol. The van der Waals surface area contributed by atoms with Crippen LogP contribution in [0.2, 0.25) is 0 Å². The Bertz CT molecular complexity index is 1710. The topological polar surface area (TPSA) is 83.3 Å². The van der Waals surface area contributed by atoms with Gasteiger partial charge in [-0.15, -0.1) is 11.3 Å². The van der Waals surface area contributed by atoms with E-state index in [4.69, 9.17) is 17.2 Å². The van der Waals surface area contributed by atoms with Crippen LogP contribution in [-0.2, 0) is 0 Å². The van der Waals surface area contributed by atoms with Gasteiger partial charge in [0, 0.05) is 17.1 Å². The summed E-state index contributed by atoms with van der Waals surface area (Å²) in [5, 5.41) is 16.0. The molecule has 0 bridgehead atoms. The first-order chi connectivity index (χ1) is 15.6. The number of fused-ring (bicyclic) bond motifs is 3. The number of nitrogens with one attached hydrogen (secondary N) is 1. The average molecular weight is 455 g/mol. The highest BCUT2D eigenvalue weighted by molar-refractivity contribution is 7.71. The summed E-state index contributed by atoms with van der Waals surface area (Å²) in [6.45, 7) is 0. The van der Waals surface area contributed by atoms with Crippen molar-refractivity contribution in [3.63, 3.8) is 0 Å². The molecule has 0 spiro atoms. The molecule has 0 fully saturated rings. The Hall–Kier alpha value is -3.88. The summed E-state index contributed by atoms with van der Waals surface area (Å²) >= 11 is 6.76. The van der Waals surface area contributed by atoms with Gasteiger partial charge in [0.1, 0.15) is 10.8 Å². The van der Waals surface area contributed by atoms with Crippen LogP contribution in [0.4, 0.5) is 0 Å². The third kappa shape index (κ3) is 2.92. The van der Waals surface area contributed by atoms with Gasteiger partial charge in [0.15, 0.2) is 11.4 Å². The number of thiazole rings is 1. The van der Waals surface area contributed by atoms with Gasteiger partial charge in [-0.1, -0.05) is 42.5 Å². The van der Waals surface area contributed by atoms with Gasteiger partial charge >= 0.3 is 0 Å². The molecule has 32 heavy (non-hydrogen) atoms. The zero-order valence-corrected chi connectivity index (χ0v) is 18.1. The summed E-state index contributed by atoms with van der Waals surface area (Å²) in [7, 11) is 0. The first-order valence-corrected chi connectivity index (χ1v) is 11.0. The molecule has 0 unspecified atom stereocenters. The SMILES string of the molecule is O=C(c1cc(-c2nc3ccccc3s2)c2nc(=S)[nH]n2c1)c1ccc2ccccc2c1O. The fourth-order valence-electron chi connectivity index (χ4n) is 3.87. The molecule has 0 radical (unpaired) electrons. The number of para-hydroxylation sites is 1. The molecule has 6 rings (SSSR count). The van der Waals surface area contributed by atoms with E-state index < -0.39 is 0 Å². The van der Waals surface area contributed by atoms with Gasteiger partial charge in [0.25, 0.3) is 0 Å². The Kier molecular flexibility index (Phi) is 4.17. The van der Waals surface area contributed by atoms with E-state index in [1.54, 1.807) is 28.9 Å². The number of aromatic amines is 1. The summed E-state index contributed by atoms with van der Waals surface area (Å²) in [6, 6.07) is 20.5. The van der Waals surface area contributed by atoms with Crippen LogP contribution in [0.3, 0.4) is 0 Å². The number of pyridine rings is 1. The minimum absolute atomic E-state index is 0.0340. The summed E-state index contributed by atoms with van der Waals surface area (Å²) in [5.74, 6) is -0.334. The van der Waals surface area contributed by atoms with Gasteiger partial charge in [0.2, 0.25) is 4.77 Å². The number of phenols is 1. The number of hydrogen-bond acceptors (Lipinski definition) is 6. The van der Waals surface area contributed by atoms with Crippen molar-refractivity contribution in [2.24, 2.45) is 0 Å². The number of aromatic hydroxyl groups is 1. The van der Waals surface area contributed by atoms with Crippen molar-refractivity contribution in [2.45, 2.75) is 0 Å². The molecule has 3 heterocycles. The predicted octanol–water partition coefficient (Wildman–Crippen LogP) is 5.76. The summed E-state index contributed by atoms with van der Waals surface area (Å²) in [5.41, 5.74) is 2.79. The normalized spacial score (nSPS) is 11.5. The lowest BCUT2D eigenvalue weighted by atomic mass is 9.98. The number of carbonyl (C=O) groups is 1. The monoisotopic (exact) mass is 454 g/mol. The first kappa shape index (κ1) is 18.9. The summed E-state index contributed by atoms with van der Waals surface area (Å²) in [6.07, 6.45) is 1.64. The van der Waals surface area contributed by atoms with E-state index in [2.05, 4.69) is 10.1 Å². The van der Waals surface area contributed by atoms with Crippen molar-refractivity contribution in [2.75, 3.05) is 0 Å². The molecule has 0 amide bonds. The van der Waals surface area contributed by atoms with Gasteiger partial charge in [-0.05, 0) is 41.9 Å². The lowest BCUT2D eigenvalue weighted by Gasteiger charge is -2.09. The van der Waals surface area contributed by atoms with Crippen LogP contribution < -0.4 is 0 Å². The van der Waals surface area contributed by atoms with Crippen LogP contribution in [0.1, 0.15) is 15.9 Å². The molecule has 154 valence electrons. The van der Waals surface area contributed by atoms with E-state index in [1.807, 2.05) is 48.5 Å². The Morgan fingerprint density at radius 2 is 1.84 bits per heavy atom. The highest BCUT2D eigenvalue weighted by atomic mass is 32.1. The largest absolute Gasteiger partial charge is 0.507 e. The molecule has 0 saturated heterocycles. The second-order valence-electron chi connectivity index (χ2n) is 7.36. The van der Waals surface area contributed by atoms with Crippen LogP contribution in [0, 0.1) is 4.77 Å². The third-order valence-corrected chi connectivity index (χ3v) is 6.64. The highest BCUT2D eigenvalue weighted by Crippen LogP contribution is 2.34. The standard InChI is InChI=1S/C24H14N4O2S2/c29-20(16-10-9-13-5-1-2-6-15(13)21(16)30)14-11-17(22-26-24(31)27-28(22)12-14)23-25-18-7-3-4-8-19(18)32-23/h1-12,30H,(H,27,31). The maximum Gasteiger partial charge on any atom is 0.214 e. The molecule has 3 aromatic heterocycles. The van der Waals surface area contributed by atoms with E-state index in [1.165, 1.54) is 11.3 Å². The number of hydrogen-bond donors (Lipinski definition) is 2. The lowest BCUT2D eigenvalue weighted by molar-refractivity contribution is 0.103. The minimum atomic E-state index is -0.300. The number of carbonyl (C=O) groups excluding carboxylic acids is 1. The molecular weight excluding hydrogens is 440 g/mol. The van der Waals surface area contributed by atoms with E-state index >= 15 is 0 Å². The van der Waals surface area contributed by atoms with E-state index in [0.717, 1.165) is 20.6 Å². The molecule has 0 atom stereocenters. The van der Waals surface area contributed by atoms with Crippen LogP contribution in [0.15, 0.2) is 72.9 Å². The third-order valence-electron chi connectivity index (χ3n) is 5.39. The van der Waals surface area contributed by atoms with Crippen LogP contribution in [-0.4, -0.2) is 30.5 Å². The van der Waals surface area contributed by atoms with E-state index in [9.17, 15) is 9.90 Å². The Morgan fingerprint density at radius 3 is 2.72 bits per heavy atom. The second kappa shape index (κ2) is 7.08. The molecule has 6 aromatic rings.